The van der Waals surface area contributed by atoms with Crippen LogP contribution in [0.15, 0.2) is 30.3 Å². The molecule has 0 amide bonds. The maximum absolute atomic E-state index is 10.9. The highest BCUT2D eigenvalue weighted by Crippen LogP contribution is 2.36. The van der Waals surface area contributed by atoms with Crippen LogP contribution in [0.4, 0.5) is 0 Å². The summed E-state index contributed by atoms with van der Waals surface area (Å²) in [5, 5.41) is 9.45. The first-order valence-corrected chi connectivity index (χ1v) is 8.41. The summed E-state index contributed by atoms with van der Waals surface area (Å²) in [6.45, 7) is 0.181. The quantitative estimate of drug-likeness (QED) is 0.651. The maximum Gasteiger partial charge on any atom is 0.320 e. The van der Waals surface area contributed by atoms with Crippen LogP contribution in [0.2, 0.25) is 10.0 Å². The molecule has 9 heteroatoms. The Bertz CT molecular complexity index is 778. The molecule has 0 saturated carbocycles. The Balaban J connectivity index is 0.00000364. The van der Waals surface area contributed by atoms with Crippen molar-refractivity contribution in [3.05, 3.63) is 51.5 Å². The lowest BCUT2D eigenvalue weighted by Gasteiger charge is -2.15. The largest absolute Gasteiger partial charge is 0.497 e. The third-order valence-electron chi connectivity index (χ3n) is 3.70. The van der Waals surface area contributed by atoms with Crippen molar-refractivity contribution >= 4 is 41.6 Å². The molecule has 0 aliphatic carbocycles. The summed E-state index contributed by atoms with van der Waals surface area (Å²) in [5.74, 6) is 0.490. The molecule has 6 nitrogen and oxygen atoms in total. The van der Waals surface area contributed by atoms with Gasteiger partial charge in [0.05, 0.1) is 24.3 Å². The molecule has 0 aliphatic heterocycles. The number of rotatable bonds is 8. The average Bonchev–Trinajstić information content (AvgIpc) is 2.60. The Morgan fingerprint density at radius 1 is 1.15 bits per heavy atom. The number of hydrogen-bond acceptors (Lipinski definition) is 5. The fourth-order valence-electron chi connectivity index (χ4n) is 2.33. The molecule has 0 fully saturated rings. The predicted molar refractivity (Wildman–Crippen MR) is 107 cm³/mol. The molecule has 0 aromatic heterocycles. The van der Waals surface area contributed by atoms with Crippen LogP contribution in [0.3, 0.4) is 0 Å². The molecular formula is C18H20Cl3NO5. The van der Waals surface area contributed by atoms with Gasteiger partial charge >= 0.3 is 5.97 Å². The fraction of sp³-hybridized carbons (Fsp3) is 0.278. The van der Waals surface area contributed by atoms with Gasteiger partial charge in [-0.2, -0.15) is 0 Å². The van der Waals surface area contributed by atoms with E-state index < -0.39 is 12.0 Å². The molecule has 1 atom stereocenters. The van der Waals surface area contributed by atoms with Gasteiger partial charge in [0.25, 0.3) is 0 Å². The topological polar surface area (TPSA) is 91.0 Å². The van der Waals surface area contributed by atoms with Crippen LogP contribution in [-0.4, -0.2) is 31.3 Å². The van der Waals surface area contributed by atoms with E-state index in [-0.39, 0.29) is 35.5 Å². The zero-order chi connectivity index (χ0) is 19.3. The van der Waals surface area contributed by atoms with E-state index in [0.29, 0.717) is 22.8 Å². The molecule has 0 aliphatic rings. The third kappa shape index (κ3) is 6.07. The summed E-state index contributed by atoms with van der Waals surface area (Å²) >= 11 is 12.5. The van der Waals surface area contributed by atoms with Crippen LogP contribution in [0.1, 0.15) is 11.1 Å². The van der Waals surface area contributed by atoms with Gasteiger partial charge < -0.3 is 25.1 Å². The van der Waals surface area contributed by atoms with Crippen LogP contribution < -0.4 is 19.9 Å². The molecule has 0 radical (unpaired) electrons. The van der Waals surface area contributed by atoms with Crippen LogP contribution in [-0.2, 0) is 17.8 Å². The van der Waals surface area contributed by atoms with E-state index in [1.54, 1.807) is 38.5 Å². The van der Waals surface area contributed by atoms with Crippen molar-refractivity contribution in [2.75, 3.05) is 14.2 Å². The zero-order valence-corrected chi connectivity index (χ0v) is 17.0. The fourth-order valence-corrected chi connectivity index (χ4v) is 2.97. The predicted octanol–water partition coefficient (Wildman–Crippen LogP) is 3.97. The van der Waals surface area contributed by atoms with Crippen LogP contribution in [0.5, 0.6) is 17.2 Å². The SMILES string of the molecule is COc1ccc(COc2c(Cl)cc(C[C@H](N)C(=O)O)cc2Cl)c(OC)c1.Cl. The lowest BCUT2D eigenvalue weighted by molar-refractivity contribution is -0.138. The number of carbonyl (C=O) groups is 1. The van der Waals surface area contributed by atoms with Gasteiger partial charge in [0.15, 0.2) is 5.75 Å². The number of benzene rings is 2. The standard InChI is InChI=1S/C18H19Cl2NO5.ClH/c1-24-12-4-3-11(16(8-12)25-2)9-26-17-13(19)5-10(6-14(17)20)7-15(21)18(22)23;/h3-6,8,15H,7,9,21H2,1-2H3,(H,22,23);1H/t15-;/m0./s1. The molecule has 148 valence electrons. The molecule has 2 aromatic carbocycles. The summed E-state index contributed by atoms with van der Waals surface area (Å²) in [6.07, 6.45) is 0.112. The Kier molecular flexibility index (Phi) is 8.99. The highest BCUT2D eigenvalue weighted by Gasteiger charge is 2.16. The number of ether oxygens (including phenoxy) is 3. The molecule has 0 unspecified atom stereocenters. The molecule has 0 spiro atoms. The number of aliphatic carboxylic acids is 1. The summed E-state index contributed by atoms with van der Waals surface area (Å²) in [5.41, 5.74) is 6.94. The van der Waals surface area contributed by atoms with E-state index in [4.69, 9.17) is 48.3 Å². The van der Waals surface area contributed by atoms with Gasteiger partial charge in [-0.3, -0.25) is 4.79 Å². The van der Waals surface area contributed by atoms with Crippen molar-refractivity contribution in [1.29, 1.82) is 0 Å². The Morgan fingerprint density at radius 2 is 1.78 bits per heavy atom. The number of halogens is 3. The summed E-state index contributed by atoms with van der Waals surface area (Å²) < 4.78 is 16.2. The minimum atomic E-state index is -1.09. The van der Waals surface area contributed by atoms with E-state index in [1.165, 1.54) is 0 Å². The lowest BCUT2D eigenvalue weighted by Crippen LogP contribution is -2.32. The monoisotopic (exact) mass is 435 g/mol. The van der Waals surface area contributed by atoms with E-state index >= 15 is 0 Å². The van der Waals surface area contributed by atoms with Crippen LogP contribution in [0.25, 0.3) is 0 Å². The molecule has 0 heterocycles. The second-order valence-corrected chi connectivity index (χ2v) is 6.32. The first kappa shape index (κ1) is 23.2. The number of methoxy groups -OCH3 is 2. The van der Waals surface area contributed by atoms with Crippen molar-refractivity contribution in [3.8, 4) is 17.2 Å². The van der Waals surface area contributed by atoms with Gasteiger partial charge in [-0.15, -0.1) is 12.4 Å². The highest BCUT2D eigenvalue weighted by molar-refractivity contribution is 6.37. The smallest absolute Gasteiger partial charge is 0.320 e. The molecule has 2 aromatic rings. The minimum Gasteiger partial charge on any atom is -0.497 e. The maximum atomic E-state index is 10.9. The first-order valence-electron chi connectivity index (χ1n) is 7.65. The van der Waals surface area contributed by atoms with Crippen LogP contribution >= 0.6 is 35.6 Å². The van der Waals surface area contributed by atoms with E-state index in [0.717, 1.165) is 5.56 Å². The number of carboxylic acids is 1. The van der Waals surface area contributed by atoms with Crippen molar-refractivity contribution < 1.29 is 24.1 Å². The zero-order valence-electron chi connectivity index (χ0n) is 14.7. The van der Waals surface area contributed by atoms with Gasteiger partial charge in [0.2, 0.25) is 0 Å². The summed E-state index contributed by atoms with van der Waals surface area (Å²) in [4.78, 5) is 10.9. The normalized spacial score (nSPS) is 11.3. The number of nitrogens with two attached hydrogens (primary N) is 1. The van der Waals surface area contributed by atoms with Gasteiger partial charge in [-0.05, 0) is 36.2 Å². The Hall–Kier alpha value is -1.86. The minimum absolute atomic E-state index is 0. The van der Waals surface area contributed by atoms with Crippen LogP contribution in [0, 0.1) is 0 Å². The lowest BCUT2D eigenvalue weighted by atomic mass is 10.1. The van der Waals surface area contributed by atoms with Crippen molar-refractivity contribution in [2.24, 2.45) is 5.73 Å². The van der Waals surface area contributed by atoms with E-state index in [9.17, 15) is 4.79 Å². The molecule has 0 bridgehead atoms. The Morgan fingerprint density at radius 3 is 2.30 bits per heavy atom. The van der Waals surface area contributed by atoms with Gasteiger partial charge in [0, 0.05) is 11.6 Å². The average molecular weight is 437 g/mol. The summed E-state index contributed by atoms with van der Waals surface area (Å²) in [6, 6.07) is 7.52. The molecule has 27 heavy (non-hydrogen) atoms. The van der Waals surface area contributed by atoms with Crippen molar-refractivity contribution in [3.63, 3.8) is 0 Å². The van der Waals surface area contributed by atoms with Crippen molar-refractivity contribution in [1.82, 2.24) is 0 Å². The third-order valence-corrected chi connectivity index (χ3v) is 4.26. The second-order valence-electron chi connectivity index (χ2n) is 5.50. The number of hydrogen-bond donors (Lipinski definition) is 2. The molecular weight excluding hydrogens is 417 g/mol. The molecule has 0 saturated heterocycles. The second kappa shape index (κ2) is 10.5. The Labute approximate surface area is 173 Å². The highest BCUT2D eigenvalue weighted by atomic mass is 35.5. The van der Waals surface area contributed by atoms with E-state index in [2.05, 4.69) is 0 Å². The van der Waals surface area contributed by atoms with Gasteiger partial charge in [0.1, 0.15) is 24.1 Å². The van der Waals surface area contributed by atoms with E-state index in [1.807, 2.05) is 6.07 Å². The number of carboxylic acid groups (broad SMARTS) is 1. The molecule has 3 N–H and O–H groups in total. The summed E-state index contributed by atoms with van der Waals surface area (Å²) in [7, 11) is 3.13. The molecule has 2 rings (SSSR count). The van der Waals surface area contributed by atoms with Gasteiger partial charge in [-0.25, -0.2) is 0 Å². The van der Waals surface area contributed by atoms with Crippen molar-refractivity contribution in [2.45, 2.75) is 19.1 Å². The first-order chi connectivity index (χ1) is 12.3. The van der Waals surface area contributed by atoms with Gasteiger partial charge in [-0.1, -0.05) is 23.2 Å².